The van der Waals surface area contributed by atoms with Gasteiger partial charge in [-0.15, -0.1) is 10.2 Å². The van der Waals surface area contributed by atoms with Gasteiger partial charge in [-0.25, -0.2) is 0 Å². The van der Waals surface area contributed by atoms with Gasteiger partial charge in [-0.05, 0) is 48.7 Å². The van der Waals surface area contributed by atoms with Crippen molar-refractivity contribution >= 4 is 23.1 Å². The van der Waals surface area contributed by atoms with E-state index >= 15 is 0 Å². The van der Waals surface area contributed by atoms with Crippen molar-refractivity contribution in [1.29, 1.82) is 0 Å². The fraction of sp³-hybridized carbons (Fsp3) is 0.750. The minimum atomic E-state index is 1.10. The number of hydrogen-bond donors (Lipinski definition) is 0. The lowest BCUT2D eigenvalue weighted by atomic mass is 10.0. The fourth-order valence-electron chi connectivity index (χ4n) is 2.61. The lowest BCUT2D eigenvalue weighted by Crippen LogP contribution is -1.88. The van der Waals surface area contributed by atoms with Crippen molar-refractivity contribution in [3.05, 3.63) is 22.1 Å². The third-order valence-corrected chi connectivity index (χ3v) is 5.03. The molecule has 0 saturated heterocycles. The fourth-order valence-corrected chi connectivity index (χ4v) is 3.58. The van der Waals surface area contributed by atoms with Crippen LogP contribution in [-0.4, -0.2) is 19.2 Å². The van der Waals surface area contributed by atoms with Crippen molar-refractivity contribution in [2.24, 2.45) is 0 Å². The van der Waals surface area contributed by atoms with E-state index in [9.17, 15) is 0 Å². The molecule has 0 radical (unpaired) electrons. The zero-order chi connectivity index (χ0) is 15.3. The molecule has 2 aromatic rings. The number of aryl methyl sites for hydroxylation is 2. The predicted octanol–water partition coefficient (Wildman–Crippen LogP) is 5.08. The van der Waals surface area contributed by atoms with Gasteiger partial charge in [0.25, 0.3) is 0 Å². The van der Waals surface area contributed by atoms with Crippen LogP contribution in [0.15, 0.2) is 10.8 Å². The number of unbranched alkanes of at least 4 members (excludes halogenated alkanes) is 9. The Morgan fingerprint density at radius 2 is 0.909 bits per heavy atom. The summed E-state index contributed by atoms with van der Waals surface area (Å²) in [6.07, 6.45) is 15.7. The molecule has 2 heterocycles. The molecule has 0 spiro atoms. The molecule has 0 atom stereocenters. The lowest BCUT2D eigenvalue weighted by molar-refractivity contribution is 0.549. The Hall–Kier alpha value is -0.880. The first-order valence-electron chi connectivity index (χ1n) is 8.47. The van der Waals surface area contributed by atoms with E-state index < -0.39 is 0 Å². The van der Waals surface area contributed by atoms with Crippen LogP contribution in [0.4, 0.5) is 0 Å². The summed E-state index contributed by atoms with van der Waals surface area (Å²) >= 11 is 2.91. The molecule has 0 aliphatic rings. The van der Waals surface area contributed by atoms with Gasteiger partial charge in [-0.2, -0.15) is 0 Å². The second-order valence-electron chi connectivity index (χ2n) is 5.83. The smallest absolute Gasteiger partial charge is 0.0755 e. The summed E-state index contributed by atoms with van der Waals surface area (Å²) in [6, 6.07) is 0. The molecule has 0 bridgehead atoms. The van der Waals surface area contributed by atoms with E-state index in [1.807, 2.05) is 0 Å². The summed E-state index contributed by atoms with van der Waals surface area (Å²) < 4.78 is 7.78. The van der Waals surface area contributed by atoms with Gasteiger partial charge in [0.05, 0.1) is 11.4 Å². The van der Waals surface area contributed by atoms with Crippen LogP contribution in [0, 0.1) is 0 Å². The van der Waals surface area contributed by atoms with Crippen molar-refractivity contribution in [2.75, 3.05) is 0 Å². The van der Waals surface area contributed by atoms with E-state index in [0.717, 1.165) is 12.8 Å². The third kappa shape index (κ3) is 7.94. The molecule has 0 aliphatic carbocycles. The quantitative estimate of drug-likeness (QED) is 0.478. The van der Waals surface area contributed by atoms with Crippen LogP contribution < -0.4 is 0 Å². The van der Waals surface area contributed by atoms with Gasteiger partial charge in [0.1, 0.15) is 0 Å². The molecule has 122 valence electrons. The molecule has 4 nitrogen and oxygen atoms in total. The Labute approximate surface area is 141 Å². The molecular formula is C16H26N4S2. The Balaban J connectivity index is 1.29. The Kier molecular flexibility index (Phi) is 9.26. The molecule has 22 heavy (non-hydrogen) atoms. The summed E-state index contributed by atoms with van der Waals surface area (Å²) in [7, 11) is 0. The summed E-state index contributed by atoms with van der Waals surface area (Å²) in [5, 5.41) is 12.3. The molecule has 0 amide bonds. The third-order valence-electron chi connectivity index (χ3n) is 3.93. The largest absolute Gasteiger partial charge is 0.143 e. The van der Waals surface area contributed by atoms with E-state index in [-0.39, 0.29) is 0 Å². The maximum Gasteiger partial charge on any atom is 0.0755 e. The molecule has 0 unspecified atom stereocenters. The average Bonchev–Trinajstić information content (AvgIpc) is 3.21. The second-order valence-corrected chi connectivity index (χ2v) is 7.05. The van der Waals surface area contributed by atoms with Crippen molar-refractivity contribution in [1.82, 2.24) is 19.2 Å². The van der Waals surface area contributed by atoms with E-state index in [1.165, 1.54) is 98.7 Å². The highest BCUT2D eigenvalue weighted by Crippen LogP contribution is 2.13. The van der Waals surface area contributed by atoms with Crippen molar-refractivity contribution in [3.63, 3.8) is 0 Å². The lowest BCUT2D eigenvalue weighted by Gasteiger charge is -2.02. The molecule has 0 fully saturated rings. The normalized spacial score (nSPS) is 11.1. The Morgan fingerprint density at radius 3 is 1.23 bits per heavy atom. The molecule has 0 aliphatic heterocycles. The summed E-state index contributed by atoms with van der Waals surface area (Å²) in [4.78, 5) is 0. The highest BCUT2D eigenvalue weighted by atomic mass is 32.1. The number of aromatic nitrogens is 4. The van der Waals surface area contributed by atoms with Gasteiger partial charge >= 0.3 is 0 Å². The van der Waals surface area contributed by atoms with Crippen molar-refractivity contribution < 1.29 is 0 Å². The van der Waals surface area contributed by atoms with Crippen LogP contribution in [0.5, 0.6) is 0 Å². The van der Waals surface area contributed by atoms with Crippen LogP contribution in [0.25, 0.3) is 0 Å². The van der Waals surface area contributed by atoms with Gasteiger partial charge in [0, 0.05) is 10.8 Å². The zero-order valence-corrected chi connectivity index (χ0v) is 14.9. The first-order chi connectivity index (χ1) is 10.9. The van der Waals surface area contributed by atoms with Gasteiger partial charge < -0.3 is 0 Å². The number of rotatable bonds is 13. The maximum atomic E-state index is 4.08. The molecule has 0 saturated carbocycles. The molecular weight excluding hydrogens is 312 g/mol. The molecule has 2 aromatic heterocycles. The van der Waals surface area contributed by atoms with Crippen LogP contribution in [-0.2, 0) is 12.8 Å². The molecule has 0 aromatic carbocycles. The average molecular weight is 339 g/mol. The van der Waals surface area contributed by atoms with Crippen molar-refractivity contribution in [3.8, 4) is 0 Å². The zero-order valence-electron chi connectivity index (χ0n) is 13.2. The molecule has 2 rings (SSSR count). The minimum absolute atomic E-state index is 1.10. The summed E-state index contributed by atoms with van der Waals surface area (Å²) in [5.74, 6) is 0. The Morgan fingerprint density at radius 1 is 0.545 bits per heavy atom. The summed E-state index contributed by atoms with van der Waals surface area (Å²) in [5.41, 5.74) is 2.33. The van der Waals surface area contributed by atoms with Gasteiger partial charge in [-0.3, -0.25) is 0 Å². The molecule has 6 heteroatoms. The minimum Gasteiger partial charge on any atom is -0.143 e. The Bertz CT molecular complexity index is 412. The second kappa shape index (κ2) is 11.7. The standard InChI is InChI=1S/C16H26N4S2/c1(3-5-7-9-11-15-13-21-19-17-15)2-4-6-8-10-12-16-14-22-20-18-16/h13-14H,1-12H2. The van der Waals surface area contributed by atoms with Crippen LogP contribution in [0.3, 0.4) is 0 Å². The number of hydrogen-bond acceptors (Lipinski definition) is 6. The highest BCUT2D eigenvalue weighted by molar-refractivity contribution is 7.03. The van der Waals surface area contributed by atoms with Crippen LogP contribution in [0.1, 0.15) is 75.6 Å². The SMILES string of the molecule is c1snnc1CCCCCCCCCCCCc1csnn1. The van der Waals surface area contributed by atoms with E-state index in [4.69, 9.17) is 0 Å². The van der Waals surface area contributed by atoms with Gasteiger partial charge in [0.2, 0.25) is 0 Å². The first kappa shape index (κ1) is 17.5. The van der Waals surface area contributed by atoms with Crippen molar-refractivity contribution in [2.45, 2.75) is 77.0 Å². The van der Waals surface area contributed by atoms with E-state index in [2.05, 4.69) is 29.9 Å². The molecule has 0 N–H and O–H groups in total. The van der Waals surface area contributed by atoms with E-state index in [0.29, 0.717) is 0 Å². The highest BCUT2D eigenvalue weighted by Gasteiger charge is 1.98. The maximum absolute atomic E-state index is 4.08. The van der Waals surface area contributed by atoms with Gasteiger partial charge in [0.15, 0.2) is 0 Å². The number of nitrogens with zero attached hydrogens (tertiary/aromatic N) is 4. The topological polar surface area (TPSA) is 51.6 Å². The first-order valence-corrected chi connectivity index (χ1v) is 10.1. The van der Waals surface area contributed by atoms with Gasteiger partial charge in [-0.1, -0.05) is 60.3 Å². The van der Waals surface area contributed by atoms with E-state index in [1.54, 1.807) is 0 Å². The van der Waals surface area contributed by atoms with Crippen LogP contribution >= 0.6 is 23.1 Å². The van der Waals surface area contributed by atoms with Crippen LogP contribution in [0.2, 0.25) is 0 Å². The summed E-state index contributed by atoms with van der Waals surface area (Å²) in [6.45, 7) is 0. The monoisotopic (exact) mass is 338 g/mol. The predicted molar refractivity (Wildman–Crippen MR) is 93.4 cm³/mol.